The normalized spacial score (nSPS) is 14.5. The first-order valence-electron chi connectivity index (χ1n) is 12.6. The number of rotatable bonds is 12. The molecule has 3 rings (SSSR count). The Morgan fingerprint density at radius 1 is 1.06 bits per heavy atom. The summed E-state index contributed by atoms with van der Waals surface area (Å²) >= 11 is 0. The van der Waals surface area contributed by atoms with Crippen molar-refractivity contribution in [1.29, 1.82) is 0 Å². The minimum absolute atomic E-state index is 0.0818. The van der Waals surface area contributed by atoms with Gasteiger partial charge in [0.15, 0.2) is 0 Å². The van der Waals surface area contributed by atoms with Crippen molar-refractivity contribution in [3.8, 4) is 0 Å². The third-order valence-electron chi connectivity index (χ3n) is 6.33. The van der Waals surface area contributed by atoms with E-state index in [1.54, 1.807) is 0 Å². The Hall–Kier alpha value is -3.16. The lowest BCUT2D eigenvalue weighted by Crippen LogP contribution is -2.32. The molecule has 3 N–H and O–H groups in total. The van der Waals surface area contributed by atoms with Gasteiger partial charge in [-0.15, -0.1) is 0 Å². The molecule has 1 heterocycles. The molecule has 1 aliphatic rings. The van der Waals surface area contributed by atoms with Crippen LogP contribution in [0.4, 0.5) is 21.9 Å². The minimum atomic E-state index is -0.795. The van der Waals surface area contributed by atoms with Crippen molar-refractivity contribution in [2.24, 2.45) is 17.8 Å². The first kappa shape index (κ1) is 26.4. The fourth-order valence-electron chi connectivity index (χ4n) is 4.66. The van der Waals surface area contributed by atoms with Gasteiger partial charge in [0.25, 0.3) is 0 Å². The quantitative estimate of drug-likeness (QED) is 0.344. The number of nitrogens with one attached hydrogen (secondary N) is 2. The molecule has 0 saturated heterocycles. The first-order valence-corrected chi connectivity index (χ1v) is 12.6. The van der Waals surface area contributed by atoms with Crippen LogP contribution in [0.15, 0.2) is 36.9 Å². The van der Waals surface area contributed by atoms with Crippen molar-refractivity contribution in [1.82, 2.24) is 9.97 Å². The number of anilines is 3. The Morgan fingerprint density at radius 3 is 2.26 bits per heavy atom. The zero-order chi connectivity index (χ0) is 25.4. The SMILES string of the molecule is CC(C)CN(CC(C)C)c1ccc([C@H](CC(=O)O)CC2CCC2)cc1NC(=O)Nc1cncnc1. The Bertz CT molecular complexity index is 966. The molecule has 2 aromatic rings. The van der Waals surface area contributed by atoms with Crippen molar-refractivity contribution in [3.63, 3.8) is 0 Å². The highest BCUT2D eigenvalue weighted by atomic mass is 16.4. The van der Waals surface area contributed by atoms with Crippen LogP contribution in [0.2, 0.25) is 0 Å². The topological polar surface area (TPSA) is 107 Å². The van der Waals surface area contributed by atoms with Crippen LogP contribution in [0.1, 0.15) is 71.3 Å². The van der Waals surface area contributed by atoms with Gasteiger partial charge < -0.3 is 20.6 Å². The summed E-state index contributed by atoms with van der Waals surface area (Å²) in [7, 11) is 0. The van der Waals surface area contributed by atoms with E-state index in [-0.39, 0.29) is 18.4 Å². The van der Waals surface area contributed by atoms with Gasteiger partial charge in [-0.3, -0.25) is 4.79 Å². The summed E-state index contributed by atoms with van der Waals surface area (Å²) in [5, 5.41) is 15.4. The van der Waals surface area contributed by atoms with E-state index in [0.717, 1.165) is 43.6 Å². The molecule has 8 nitrogen and oxygen atoms in total. The summed E-state index contributed by atoms with van der Waals surface area (Å²) in [6.45, 7) is 10.4. The van der Waals surface area contributed by atoms with Gasteiger partial charge in [-0.1, -0.05) is 53.0 Å². The molecule has 0 spiro atoms. The molecule has 1 atom stereocenters. The zero-order valence-corrected chi connectivity index (χ0v) is 21.3. The molecule has 0 aliphatic heterocycles. The van der Waals surface area contributed by atoms with E-state index in [1.807, 2.05) is 18.2 Å². The number of aromatic nitrogens is 2. The molecular formula is C27H39N5O3. The van der Waals surface area contributed by atoms with E-state index in [1.165, 1.54) is 25.1 Å². The van der Waals surface area contributed by atoms with Crippen LogP contribution in [-0.4, -0.2) is 40.2 Å². The van der Waals surface area contributed by atoms with Gasteiger partial charge in [0, 0.05) is 13.1 Å². The summed E-state index contributed by atoms with van der Waals surface area (Å²) in [6.07, 6.45) is 8.98. The number of carboxylic acid groups (broad SMARTS) is 1. The Kier molecular flexibility index (Phi) is 9.46. The number of benzene rings is 1. The van der Waals surface area contributed by atoms with Crippen LogP contribution in [0.25, 0.3) is 0 Å². The highest BCUT2D eigenvalue weighted by Gasteiger charge is 2.26. The molecule has 190 valence electrons. The average molecular weight is 482 g/mol. The average Bonchev–Trinajstić information content (AvgIpc) is 2.74. The van der Waals surface area contributed by atoms with Gasteiger partial charge in [0.05, 0.1) is 35.9 Å². The lowest BCUT2D eigenvalue weighted by molar-refractivity contribution is -0.137. The monoisotopic (exact) mass is 481 g/mol. The number of nitrogens with zero attached hydrogens (tertiary/aromatic N) is 3. The van der Waals surface area contributed by atoms with Crippen LogP contribution in [0.5, 0.6) is 0 Å². The predicted molar refractivity (Wildman–Crippen MR) is 140 cm³/mol. The number of carboxylic acids is 1. The van der Waals surface area contributed by atoms with Gasteiger partial charge in [-0.25, -0.2) is 14.8 Å². The summed E-state index contributed by atoms with van der Waals surface area (Å²) in [4.78, 5) is 34.8. The fraction of sp³-hybridized carbons (Fsp3) is 0.556. The van der Waals surface area contributed by atoms with Gasteiger partial charge in [0.1, 0.15) is 6.33 Å². The number of hydrogen-bond donors (Lipinski definition) is 3. The number of carbonyl (C=O) groups is 2. The molecule has 35 heavy (non-hydrogen) atoms. The summed E-state index contributed by atoms with van der Waals surface area (Å²) in [5.74, 6) is 0.581. The number of amides is 2. The molecule has 8 heteroatoms. The Labute approximate surface area is 208 Å². The highest BCUT2D eigenvalue weighted by molar-refractivity contribution is 6.01. The van der Waals surface area contributed by atoms with Crippen molar-refractivity contribution in [2.45, 2.75) is 65.7 Å². The minimum Gasteiger partial charge on any atom is -0.481 e. The van der Waals surface area contributed by atoms with Crippen molar-refractivity contribution in [3.05, 3.63) is 42.5 Å². The molecule has 0 unspecified atom stereocenters. The van der Waals surface area contributed by atoms with E-state index in [9.17, 15) is 14.7 Å². The van der Waals surface area contributed by atoms with E-state index >= 15 is 0 Å². The van der Waals surface area contributed by atoms with Crippen LogP contribution < -0.4 is 15.5 Å². The van der Waals surface area contributed by atoms with E-state index in [2.05, 4.69) is 53.2 Å². The van der Waals surface area contributed by atoms with Crippen molar-refractivity contribution < 1.29 is 14.7 Å². The van der Waals surface area contributed by atoms with Gasteiger partial charge in [0.2, 0.25) is 0 Å². The van der Waals surface area contributed by atoms with Crippen molar-refractivity contribution >= 4 is 29.1 Å². The Morgan fingerprint density at radius 2 is 1.71 bits per heavy atom. The fourth-order valence-corrected chi connectivity index (χ4v) is 4.66. The molecule has 0 bridgehead atoms. The predicted octanol–water partition coefficient (Wildman–Crippen LogP) is 5.99. The molecule has 1 aromatic carbocycles. The maximum absolute atomic E-state index is 12.9. The summed E-state index contributed by atoms with van der Waals surface area (Å²) < 4.78 is 0. The third kappa shape index (κ3) is 8.23. The molecule has 2 amide bonds. The maximum Gasteiger partial charge on any atom is 0.323 e. The smallest absolute Gasteiger partial charge is 0.323 e. The second kappa shape index (κ2) is 12.5. The molecule has 1 aliphatic carbocycles. The number of carbonyl (C=O) groups excluding carboxylic acids is 1. The standard InChI is InChI=1S/C27H39N5O3/c1-18(2)15-32(16-19(3)4)25-9-8-21(22(12-26(33)34)10-20-6-5-7-20)11-24(25)31-27(35)30-23-13-28-17-29-14-23/h8-9,11,13-14,17-20,22H,5-7,10,12,15-16H2,1-4H3,(H,33,34)(H2,30,31,35)/t22-/m0/s1. The van der Waals surface area contributed by atoms with Crippen LogP contribution in [-0.2, 0) is 4.79 Å². The molecule has 0 radical (unpaired) electrons. The van der Waals surface area contributed by atoms with Gasteiger partial charge in [-0.05, 0) is 47.8 Å². The molecule has 1 saturated carbocycles. The number of urea groups is 1. The lowest BCUT2D eigenvalue weighted by atomic mass is 9.76. The van der Waals surface area contributed by atoms with E-state index in [0.29, 0.717) is 29.1 Å². The van der Waals surface area contributed by atoms with E-state index < -0.39 is 5.97 Å². The number of hydrogen-bond acceptors (Lipinski definition) is 5. The zero-order valence-electron chi connectivity index (χ0n) is 21.3. The van der Waals surface area contributed by atoms with Crippen LogP contribution in [0, 0.1) is 17.8 Å². The summed E-state index contributed by atoms with van der Waals surface area (Å²) in [5.41, 5.74) is 3.07. The third-order valence-corrected chi connectivity index (χ3v) is 6.33. The Balaban J connectivity index is 1.94. The van der Waals surface area contributed by atoms with Crippen LogP contribution >= 0.6 is 0 Å². The summed E-state index contributed by atoms with van der Waals surface area (Å²) in [6, 6.07) is 5.66. The molecule has 1 fully saturated rings. The number of aliphatic carboxylic acids is 1. The van der Waals surface area contributed by atoms with Crippen LogP contribution in [0.3, 0.4) is 0 Å². The highest BCUT2D eigenvalue weighted by Crippen LogP contribution is 2.39. The second-order valence-corrected chi connectivity index (χ2v) is 10.5. The largest absolute Gasteiger partial charge is 0.481 e. The first-order chi connectivity index (χ1) is 16.7. The van der Waals surface area contributed by atoms with Crippen molar-refractivity contribution in [2.75, 3.05) is 28.6 Å². The molecular weight excluding hydrogens is 442 g/mol. The van der Waals surface area contributed by atoms with Gasteiger partial charge >= 0.3 is 12.0 Å². The lowest BCUT2D eigenvalue weighted by Gasteiger charge is -2.32. The second-order valence-electron chi connectivity index (χ2n) is 10.5. The molecule has 1 aromatic heterocycles. The van der Waals surface area contributed by atoms with E-state index in [4.69, 9.17) is 0 Å². The maximum atomic E-state index is 12.9. The van der Waals surface area contributed by atoms with Gasteiger partial charge in [-0.2, -0.15) is 0 Å².